The Balaban J connectivity index is 1.91. The lowest BCUT2D eigenvalue weighted by Crippen LogP contribution is -2.39. The number of carboxylic acids is 1. The molecular weight excluding hydrogens is 292 g/mol. The van der Waals surface area contributed by atoms with Crippen molar-refractivity contribution in [2.24, 2.45) is 5.73 Å². The molecule has 6 nitrogen and oxygen atoms in total. The molecule has 0 aliphatic carbocycles. The van der Waals surface area contributed by atoms with Crippen molar-refractivity contribution in [2.75, 3.05) is 12.3 Å². The minimum absolute atomic E-state index is 0.161. The van der Waals surface area contributed by atoms with Crippen LogP contribution < -0.4 is 5.73 Å². The van der Waals surface area contributed by atoms with Gasteiger partial charge in [0.15, 0.2) is 5.37 Å². The topological polar surface area (TPSA) is 101 Å². The SMILES string of the molecule is NC(=O)c1ccc(CCC(=O)N2CCSC2C(=O)O)cc1. The summed E-state index contributed by atoms with van der Waals surface area (Å²) in [6.07, 6.45) is 0.756. The lowest BCUT2D eigenvalue weighted by molar-refractivity contribution is -0.145. The summed E-state index contributed by atoms with van der Waals surface area (Å²) in [6, 6.07) is 6.74. The number of carboxylic acid groups (broad SMARTS) is 1. The van der Waals surface area contributed by atoms with E-state index in [0.717, 1.165) is 5.56 Å². The maximum Gasteiger partial charge on any atom is 0.337 e. The van der Waals surface area contributed by atoms with Gasteiger partial charge in [-0.3, -0.25) is 9.59 Å². The van der Waals surface area contributed by atoms with E-state index < -0.39 is 17.3 Å². The fourth-order valence-corrected chi connectivity index (χ4v) is 3.23. The molecule has 1 heterocycles. The van der Waals surface area contributed by atoms with Crippen molar-refractivity contribution in [3.8, 4) is 0 Å². The van der Waals surface area contributed by atoms with Gasteiger partial charge in [0.1, 0.15) is 0 Å². The van der Waals surface area contributed by atoms with Crippen LogP contribution in [0.2, 0.25) is 0 Å². The largest absolute Gasteiger partial charge is 0.479 e. The molecule has 2 rings (SSSR count). The first kappa shape index (κ1) is 15.4. The zero-order chi connectivity index (χ0) is 15.4. The number of benzene rings is 1. The van der Waals surface area contributed by atoms with Crippen LogP contribution in [0, 0.1) is 0 Å². The smallest absolute Gasteiger partial charge is 0.337 e. The van der Waals surface area contributed by atoms with E-state index in [4.69, 9.17) is 10.8 Å². The summed E-state index contributed by atoms with van der Waals surface area (Å²) < 4.78 is 0. The first-order valence-electron chi connectivity index (χ1n) is 6.51. The molecule has 1 atom stereocenters. The monoisotopic (exact) mass is 308 g/mol. The molecule has 1 aromatic carbocycles. The van der Waals surface area contributed by atoms with E-state index in [1.165, 1.54) is 16.7 Å². The van der Waals surface area contributed by atoms with Crippen molar-refractivity contribution in [2.45, 2.75) is 18.2 Å². The molecular formula is C14H16N2O4S. The van der Waals surface area contributed by atoms with E-state index in [2.05, 4.69) is 0 Å². The Morgan fingerprint density at radius 2 is 1.95 bits per heavy atom. The number of carbonyl (C=O) groups excluding carboxylic acids is 2. The highest BCUT2D eigenvalue weighted by molar-refractivity contribution is 8.00. The van der Waals surface area contributed by atoms with Crippen molar-refractivity contribution in [1.82, 2.24) is 4.90 Å². The summed E-state index contributed by atoms with van der Waals surface area (Å²) >= 11 is 1.27. The van der Waals surface area contributed by atoms with Crippen LogP contribution in [0.4, 0.5) is 0 Å². The Kier molecular flexibility index (Phi) is 4.85. The van der Waals surface area contributed by atoms with Crippen LogP contribution in [0.15, 0.2) is 24.3 Å². The summed E-state index contributed by atoms with van der Waals surface area (Å²) in [5.41, 5.74) is 6.49. The average molecular weight is 308 g/mol. The predicted octanol–water partition coefficient (Wildman–Crippen LogP) is 0.704. The summed E-state index contributed by atoms with van der Waals surface area (Å²) in [5.74, 6) is -0.977. The average Bonchev–Trinajstić information content (AvgIpc) is 2.95. The first-order valence-corrected chi connectivity index (χ1v) is 7.56. The maximum absolute atomic E-state index is 12.1. The lowest BCUT2D eigenvalue weighted by Gasteiger charge is -2.20. The minimum atomic E-state index is -0.975. The van der Waals surface area contributed by atoms with Crippen LogP contribution in [-0.4, -0.2) is 45.5 Å². The standard InChI is InChI=1S/C14H16N2O4S/c15-12(18)10-4-1-9(2-5-10)3-6-11(17)16-7-8-21-13(16)14(19)20/h1-2,4-5,13H,3,6-8H2,(H2,15,18)(H,19,20). The second-order valence-corrected chi connectivity index (χ2v) is 5.90. The van der Waals surface area contributed by atoms with E-state index in [1.807, 2.05) is 0 Å². The second kappa shape index (κ2) is 6.62. The van der Waals surface area contributed by atoms with Gasteiger partial charge in [-0.1, -0.05) is 12.1 Å². The normalized spacial score (nSPS) is 17.7. The van der Waals surface area contributed by atoms with Crippen LogP contribution >= 0.6 is 11.8 Å². The highest BCUT2D eigenvalue weighted by Gasteiger charge is 2.34. The molecule has 2 amide bonds. The Morgan fingerprint density at radius 1 is 1.29 bits per heavy atom. The third-order valence-corrected chi connectivity index (χ3v) is 4.48. The minimum Gasteiger partial charge on any atom is -0.479 e. The van der Waals surface area contributed by atoms with E-state index >= 15 is 0 Å². The zero-order valence-corrected chi connectivity index (χ0v) is 12.1. The van der Waals surface area contributed by atoms with Crippen molar-refractivity contribution in [3.63, 3.8) is 0 Å². The molecule has 0 bridgehead atoms. The van der Waals surface area contributed by atoms with Gasteiger partial charge >= 0.3 is 5.97 Å². The van der Waals surface area contributed by atoms with E-state index in [0.29, 0.717) is 24.3 Å². The van der Waals surface area contributed by atoms with E-state index in [9.17, 15) is 14.4 Å². The Labute approximate surface area is 126 Å². The number of primary amides is 1. The van der Waals surface area contributed by atoms with Gasteiger partial charge in [0.2, 0.25) is 11.8 Å². The number of nitrogens with zero attached hydrogens (tertiary/aromatic N) is 1. The number of nitrogens with two attached hydrogens (primary N) is 1. The molecule has 1 unspecified atom stereocenters. The van der Waals surface area contributed by atoms with Gasteiger partial charge in [0, 0.05) is 24.3 Å². The molecule has 7 heteroatoms. The van der Waals surface area contributed by atoms with Gasteiger partial charge < -0.3 is 15.7 Å². The van der Waals surface area contributed by atoms with Crippen LogP contribution in [0.25, 0.3) is 0 Å². The van der Waals surface area contributed by atoms with Gasteiger partial charge in [-0.15, -0.1) is 11.8 Å². The Hall–Kier alpha value is -2.02. The fraction of sp³-hybridized carbons (Fsp3) is 0.357. The van der Waals surface area contributed by atoms with Gasteiger partial charge in [-0.2, -0.15) is 0 Å². The van der Waals surface area contributed by atoms with Gasteiger partial charge in [0.05, 0.1) is 0 Å². The first-order chi connectivity index (χ1) is 9.99. The van der Waals surface area contributed by atoms with Crippen molar-refractivity contribution in [1.29, 1.82) is 0 Å². The second-order valence-electron chi connectivity index (χ2n) is 4.71. The molecule has 1 fully saturated rings. The van der Waals surface area contributed by atoms with Gasteiger partial charge in [-0.25, -0.2) is 4.79 Å². The summed E-state index contributed by atoms with van der Waals surface area (Å²) in [4.78, 5) is 35.5. The highest BCUT2D eigenvalue weighted by Crippen LogP contribution is 2.24. The molecule has 1 saturated heterocycles. The molecule has 1 aliphatic heterocycles. The molecule has 112 valence electrons. The highest BCUT2D eigenvalue weighted by atomic mass is 32.2. The molecule has 0 spiro atoms. The van der Waals surface area contributed by atoms with Crippen LogP contribution in [0.3, 0.4) is 0 Å². The number of hydrogen-bond acceptors (Lipinski definition) is 4. The number of rotatable bonds is 5. The van der Waals surface area contributed by atoms with Crippen molar-refractivity contribution >= 4 is 29.5 Å². The Bertz CT molecular complexity index is 559. The van der Waals surface area contributed by atoms with Crippen LogP contribution in [-0.2, 0) is 16.0 Å². The number of hydrogen-bond donors (Lipinski definition) is 2. The lowest BCUT2D eigenvalue weighted by atomic mass is 10.1. The molecule has 0 aromatic heterocycles. The number of aryl methyl sites for hydroxylation is 1. The molecule has 0 radical (unpaired) electrons. The molecule has 0 saturated carbocycles. The summed E-state index contributed by atoms with van der Waals surface area (Å²) in [5, 5.41) is 8.27. The summed E-state index contributed by atoms with van der Waals surface area (Å²) in [7, 11) is 0. The summed E-state index contributed by atoms with van der Waals surface area (Å²) in [6.45, 7) is 0.473. The third kappa shape index (κ3) is 3.75. The van der Waals surface area contributed by atoms with Gasteiger partial charge in [0.25, 0.3) is 0 Å². The third-order valence-electron chi connectivity index (χ3n) is 3.29. The molecule has 1 aromatic rings. The number of carbonyl (C=O) groups is 3. The van der Waals surface area contributed by atoms with E-state index in [1.54, 1.807) is 24.3 Å². The zero-order valence-electron chi connectivity index (χ0n) is 11.3. The van der Waals surface area contributed by atoms with Crippen LogP contribution in [0.1, 0.15) is 22.3 Å². The van der Waals surface area contributed by atoms with Crippen molar-refractivity contribution < 1.29 is 19.5 Å². The van der Waals surface area contributed by atoms with Gasteiger partial charge in [-0.05, 0) is 24.1 Å². The predicted molar refractivity (Wildman–Crippen MR) is 78.9 cm³/mol. The quantitative estimate of drug-likeness (QED) is 0.834. The maximum atomic E-state index is 12.1. The van der Waals surface area contributed by atoms with Crippen molar-refractivity contribution in [3.05, 3.63) is 35.4 Å². The fourth-order valence-electron chi connectivity index (χ4n) is 2.16. The van der Waals surface area contributed by atoms with Crippen LogP contribution in [0.5, 0.6) is 0 Å². The number of amides is 2. The molecule has 21 heavy (non-hydrogen) atoms. The number of thioether (sulfide) groups is 1. The molecule has 1 aliphatic rings. The Morgan fingerprint density at radius 3 is 2.52 bits per heavy atom. The van der Waals surface area contributed by atoms with E-state index in [-0.39, 0.29) is 12.3 Å². The molecule has 3 N–H and O–H groups in total. The number of aliphatic carboxylic acids is 1.